The Balaban J connectivity index is 3.33. The number of aromatic hydroxyl groups is 1. The van der Waals surface area contributed by atoms with Gasteiger partial charge in [-0.25, -0.2) is 0 Å². The first-order valence-corrected chi connectivity index (χ1v) is 4.26. The lowest BCUT2D eigenvalue weighted by Crippen LogP contribution is -2.06. The molecule has 0 fully saturated rings. The fraction of sp³-hybridized carbons (Fsp3) is 0.0909. The second-order valence-electron chi connectivity index (χ2n) is 2.81. The number of primary amides is 1. The van der Waals surface area contributed by atoms with E-state index in [2.05, 4.69) is 11.8 Å². The Morgan fingerprint density at radius 2 is 2.25 bits per heavy atom. The highest BCUT2D eigenvalue weighted by atomic mass is 16.5. The number of phenolic OH excluding ortho intramolecular Hbond substituents is 1. The van der Waals surface area contributed by atoms with Gasteiger partial charge in [-0.2, -0.15) is 0 Å². The summed E-state index contributed by atoms with van der Waals surface area (Å²) in [7, 11) is 1.36. The van der Waals surface area contributed by atoms with Crippen molar-refractivity contribution in [3.8, 4) is 23.3 Å². The van der Waals surface area contributed by atoms with Gasteiger partial charge in [-0.05, 0) is 12.1 Å². The molecule has 0 heterocycles. The van der Waals surface area contributed by atoms with Crippen LogP contribution in [0.4, 0.5) is 0 Å². The van der Waals surface area contributed by atoms with E-state index < -0.39 is 5.91 Å². The molecule has 0 saturated heterocycles. The molecule has 3 N–H and O–H groups in total. The first kappa shape index (κ1) is 11.6. The van der Waals surface area contributed by atoms with Crippen molar-refractivity contribution in [1.29, 1.82) is 0 Å². The number of rotatable bonds is 2. The molecule has 82 valence electrons. The van der Waals surface area contributed by atoms with E-state index in [4.69, 9.17) is 10.5 Å². The number of hydrogen-bond donors (Lipinski definition) is 2. The van der Waals surface area contributed by atoms with E-state index in [-0.39, 0.29) is 22.6 Å². The Morgan fingerprint density at radius 3 is 2.75 bits per heavy atom. The molecule has 0 aliphatic rings. The van der Waals surface area contributed by atoms with E-state index in [9.17, 15) is 14.7 Å². The molecule has 0 unspecified atom stereocenters. The van der Waals surface area contributed by atoms with Crippen molar-refractivity contribution in [2.75, 3.05) is 7.11 Å². The van der Waals surface area contributed by atoms with Crippen LogP contribution in [-0.2, 0) is 4.79 Å². The number of nitrogens with two attached hydrogens (primary N) is 1. The van der Waals surface area contributed by atoms with Gasteiger partial charge >= 0.3 is 0 Å². The maximum atomic E-state index is 10.8. The highest BCUT2D eigenvalue weighted by Gasteiger charge is 2.11. The van der Waals surface area contributed by atoms with Crippen molar-refractivity contribution in [3.05, 3.63) is 23.3 Å². The SMILES string of the molecule is COc1ccc(C#CC(N)=O)c(C=O)c1O. The molecule has 5 heteroatoms. The predicted molar refractivity (Wildman–Crippen MR) is 56.1 cm³/mol. The third-order valence-electron chi connectivity index (χ3n) is 1.84. The fourth-order valence-corrected chi connectivity index (χ4v) is 1.11. The van der Waals surface area contributed by atoms with Crippen molar-refractivity contribution in [3.63, 3.8) is 0 Å². The van der Waals surface area contributed by atoms with E-state index >= 15 is 0 Å². The molecule has 1 aromatic carbocycles. The average molecular weight is 219 g/mol. The van der Waals surface area contributed by atoms with Crippen LogP contribution < -0.4 is 10.5 Å². The summed E-state index contributed by atoms with van der Waals surface area (Å²) in [6, 6.07) is 2.89. The van der Waals surface area contributed by atoms with Gasteiger partial charge in [0.25, 0.3) is 5.91 Å². The van der Waals surface area contributed by atoms with Gasteiger partial charge < -0.3 is 15.6 Å². The molecule has 0 atom stereocenters. The molecule has 5 nitrogen and oxygen atoms in total. The first-order valence-electron chi connectivity index (χ1n) is 4.26. The van der Waals surface area contributed by atoms with Crippen molar-refractivity contribution in [2.45, 2.75) is 0 Å². The molecule has 0 spiro atoms. The van der Waals surface area contributed by atoms with Crippen molar-refractivity contribution < 1.29 is 19.4 Å². The summed E-state index contributed by atoms with van der Waals surface area (Å²) in [5.74, 6) is 3.50. The highest BCUT2D eigenvalue weighted by Crippen LogP contribution is 2.30. The van der Waals surface area contributed by atoms with Crippen LogP contribution in [0.5, 0.6) is 11.5 Å². The Bertz CT molecular complexity index is 497. The summed E-state index contributed by atoms with van der Waals surface area (Å²) in [5, 5.41) is 9.59. The number of ether oxygens (including phenoxy) is 1. The zero-order valence-corrected chi connectivity index (χ0v) is 8.48. The summed E-state index contributed by atoms with van der Waals surface area (Å²) < 4.78 is 4.82. The van der Waals surface area contributed by atoms with Gasteiger partial charge in [-0.1, -0.05) is 5.92 Å². The topological polar surface area (TPSA) is 89.6 Å². The number of benzene rings is 1. The zero-order chi connectivity index (χ0) is 12.1. The summed E-state index contributed by atoms with van der Waals surface area (Å²) in [5.41, 5.74) is 5.02. The maximum Gasteiger partial charge on any atom is 0.293 e. The van der Waals surface area contributed by atoms with Crippen LogP contribution >= 0.6 is 0 Å². The van der Waals surface area contributed by atoms with Gasteiger partial charge in [-0.15, -0.1) is 0 Å². The number of carbonyl (C=O) groups excluding carboxylic acids is 2. The van der Waals surface area contributed by atoms with E-state index in [0.717, 1.165) is 0 Å². The largest absolute Gasteiger partial charge is 0.504 e. The van der Waals surface area contributed by atoms with Gasteiger partial charge in [0.05, 0.1) is 12.7 Å². The normalized spacial score (nSPS) is 8.81. The third kappa shape index (κ3) is 2.30. The Labute approximate surface area is 91.8 Å². The number of carbonyl (C=O) groups is 2. The number of amides is 1. The van der Waals surface area contributed by atoms with Crippen LogP contribution in [0.2, 0.25) is 0 Å². The molecule has 0 saturated carbocycles. The van der Waals surface area contributed by atoms with E-state index in [1.807, 2.05) is 0 Å². The highest BCUT2D eigenvalue weighted by molar-refractivity contribution is 5.93. The minimum absolute atomic E-state index is 0.0342. The van der Waals surface area contributed by atoms with Gasteiger partial charge in [0, 0.05) is 11.5 Å². The molecule has 1 aromatic rings. The Kier molecular flexibility index (Phi) is 3.51. The second-order valence-corrected chi connectivity index (χ2v) is 2.81. The van der Waals surface area contributed by atoms with Gasteiger partial charge in [0.1, 0.15) is 0 Å². The monoisotopic (exact) mass is 219 g/mol. The van der Waals surface area contributed by atoms with Gasteiger partial charge in [-0.3, -0.25) is 9.59 Å². The summed E-state index contributed by atoms with van der Waals surface area (Å²) in [4.78, 5) is 21.2. The molecule has 1 amide bonds. The Morgan fingerprint density at radius 1 is 1.56 bits per heavy atom. The van der Waals surface area contributed by atoms with Gasteiger partial charge in [0.2, 0.25) is 0 Å². The molecule has 0 radical (unpaired) electrons. The second kappa shape index (κ2) is 4.84. The molecule has 0 aliphatic carbocycles. The summed E-state index contributed by atoms with van der Waals surface area (Å²) in [6.45, 7) is 0. The van der Waals surface area contributed by atoms with Crippen LogP contribution in [0.15, 0.2) is 12.1 Å². The van der Waals surface area contributed by atoms with E-state index in [1.165, 1.54) is 19.2 Å². The van der Waals surface area contributed by atoms with Crippen molar-refractivity contribution in [1.82, 2.24) is 0 Å². The van der Waals surface area contributed by atoms with Crippen LogP contribution in [0.3, 0.4) is 0 Å². The average Bonchev–Trinajstić information content (AvgIpc) is 2.26. The number of methoxy groups -OCH3 is 1. The summed E-state index contributed by atoms with van der Waals surface area (Å²) in [6.07, 6.45) is 0.433. The first-order chi connectivity index (χ1) is 7.60. The van der Waals surface area contributed by atoms with Gasteiger partial charge in [0.15, 0.2) is 17.8 Å². The van der Waals surface area contributed by atoms with Crippen molar-refractivity contribution >= 4 is 12.2 Å². The van der Waals surface area contributed by atoms with Crippen LogP contribution in [-0.4, -0.2) is 24.4 Å². The lowest BCUT2D eigenvalue weighted by molar-refractivity contribution is -0.112. The lowest BCUT2D eigenvalue weighted by Gasteiger charge is -2.06. The smallest absolute Gasteiger partial charge is 0.293 e. The molecular weight excluding hydrogens is 210 g/mol. The van der Waals surface area contributed by atoms with E-state index in [1.54, 1.807) is 0 Å². The maximum absolute atomic E-state index is 10.8. The molecule has 1 rings (SSSR count). The molecule has 0 aromatic heterocycles. The van der Waals surface area contributed by atoms with Crippen molar-refractivity contribution in [2.24, 2.45) is 5.73 Å². The number of aldehydes is 1. The van der Waals surface area contributed by atoms with E-state index in [0.29, 0.717) is 6.29 Å². The zero-order valence-electron chi connectivity index (χ0n) is 8.48. The molecule has 0 aliphatic heterocycles. The fourth-order valence-electron chi connectivity index (χ4n) is 1.11. The predicted octanol–water partition coefficient (Wildman–Crippen LogP) is 0.0501. The number of phenols is 1. The lowest BCUT2D eigenvalue weighted by atomic mass is 10.1. The van der Waals surface area contributed by atoms with Crippen LogP contribution in [0, 0.1) is 11.8 Å². The minimum Gasteiger partial charge on any atom is -0.504 e. The minimum atomic E-state index is -0.813. The van der Waals surface area contributed by atoms with Crippen LogP contribution in [0.1, 0.15) is 15.9 Å². The number of hydrogen-bond acceptors (Lipinski definition) is 4. The third-order valence-corrected chi connectivity index (χ3v) is 1.84. The molecule has 0 bridgehead atoms. The molecular formula is C11H9NO4. The standard InChI is InChI=1S/C11H9NO4/c1-16-9-4-2-7(3-5-10(12)14)8(6-13)11(9)15/h2,4,6,15H,1H3,(H2,12,14). The molecule has 16 heavy (non-hydrogen) atoms. The quantitative estimate of drug-likeness (QED) is 0.543. The van der Waals surface area contributed by atoms with Crippen LogP contribution in [0.25, 0.3) is 0 Å². The Hall–Kier alpha value is -2.48. The summed E-state index contributed by atoms with van der Waals surface area (Å²) >= 11 is 0.